The van der Waals surface area contributed by atoms with E-state index in [1.54, 1.807) is 42.1 Å². The number of hydrogen-bond acceptors (Lipinski definition) is 8. The smallest absolute Gasteiger partial charge is 0.274 e. The summed E-state index contributed by atoms with van der Waals surface area (Å²) in [6.07, 6.45) is 0.985. The van der Waals surface area contributed by atoms with Crippen molar-refractivity contribution in [1.82, 2.24) is 20.1 Å². The summed E-state index contributed by atoms with van der Waals surface area (Å²) < 4.78 is 0. The summed E-state index contributed by atoms with van der Waals surface area (Å²) in [5.74, 6) is 2.23. The molecule has 0 unspecified atom stereocenters. The number of nitrogens with zero attached hydrogens (tertiary/aromatic N) is 4. The van der Waals surface area contributed by atoms with E-state index in [1.165, 1.54) is 0 Å². The first kappa shape index (κ1) is 18.7. The van der Waals surface area contributed by atoms with E-state index in [2.05, 4.69) is 20.6 Å². The van der Waals surface area contributed by atoms with Crippen LogP contribution in [0.15, 0.2) is 17.4 Å². The molecule has 1 aromatic heterocycles. The maximum Gasteiger partial charge on any atom is 0.274 e. The molecule has 0 aliphatic rings. The molecule has 0 aliphatic carbocycles. The minimum absolute atomic E-state index is 0.447. The van der Waals surface area contributed by atoms with Gasteiger partial charge in [-0.05, 0) is 14.1 Å². The fourth-order valence-corrected chi connectivity index (χ4v) is 3.37. The molecular weight excluding hydrogens is 322 g/mol. The number of aromatic nitrogens is 1. The van der Waals surface area contributed by atoms with Crippen LogP contribution in [0.4, 0.5) is 0 Å². The van der Waals surface area contributed by atoms with Crippen molar-refractivity contribution in [2.75, 3.05) is 40.5 Å². The van der Waals surface area contributed by atoms with Gasteiger partial charge in [0, 0.05) is 44.1 Å². The second-order valence-electron chi connectivity index (χ2n) is 5.14. The van der Waals surface area contributed by atoms with Gasteiger partial charge in [0.15, 0.2) is 5.82 Å². The second-order valence-corrected chi connectivity index (χ2v) is 7.19. The molecule has 22 heavy (non-hydrogen) atoms. The highest BCUT2D eigenvalue weighted by molar-refractivity contribution is 7.98. The van der Waals surface area contributed by atoms with Crippen molar-refractivity contribution in [1.29, 1.82) is 0 Å². The Labute approximate surface area is 139 Å². The molecule has 0 bridgehead atoms. The minimum Gasteiger partial charge on any atom is -0.366 e. The van der Waals surface area contributed by atoms with Crippen LogP contribution in [0, 0.1) is 10.1 Å². The van der Waals surface area contributed by atoms with E-state index in [9.17, 15) is 10.1 Å². The van der Waals surface area contributed by atoms with Gasteiger partial charge < -0.3 is 15.1 Å². The SMILES string of the molecule is CN(C)Cc1nc(CSCCNC(=C[N+](=O)[O-])N(C)C)cs1. The second kappa shape index (κ2) is 9.65. The maximum atomic E-state index is 10.5. The molecular formula is C13H23N5O2S2. The molecule has 1 aromatic rings. The zero-order valence-corrected chi connectivity index (χ0v) is 15.0. The third-order valence-corrected chi connectivity index (χ3v) is 4.44. The lowest BCUT2D eigenvalue weighted by Crippen LogP contribution is -2.28. The molecule has 0 spiro atoms. The van der Waals surface area contributed by atoms with Crippen LogP contribution in [0.3, 0.4) is 0 Å². The monoisotopic (exact) mass is 345 g/mol. The standard InChI is InChI=1S/C13H23N5O2S2/c1-16(2)8-13-15-11(10-22-13)9-21-6-5-14-12(17(3)4)7-18(19)20/h7,10,14H,5-6,8-9H2,1-4H3. The van der Waals surface area contributed by atoms with Gasteiger partial charge in [-0.15, -0.1) is 11.3 Å². The Morgan fingerprint density at radius 2 is 2.23 bits per heavy atom. The van der Waals surface area contributed by atoms with Crippen LogP contribution in [0.2, 0.25) is 0 Å². The molecule has 1 heterocycles. The molecule has 124 valence electrons. The summed E-state index contributed by atoms with van der Waals surface area (Å²) in [4.78, 5) is 18.4. The number of nitrogens with one attached hydrogen (secondary N) is 1. The molecule has 7 nitrogen and oxygen atoms in total. The summed E-state index contributed by atoms with van der Waals surface area (Å²) in [6.45, 7) is 1.55. The maximum absolute atomic E-state index is 10.5. The van der Waals surface area contributed by atoms with Gasteiger partial charge in [0.1, 0.15) is 5.01 Å². The fourth-order valence-electron chi connectivity index (χ4n) is 1.61. The third kappa shape index (κ3) is 7.62. The quantitative estimate of drug-likeness (QED) is 0.393. The van der Waals surface area contributed by atoms with Gasteiger partial charge in [-0.1, -0.05) is 0 Å². The van der Waals surface area contributed by atoms with Crippen LogP contribution in [0.1, 0.15) is 10.7 Å². The highest BCUT2D eigenvalue weighted by atomic mass is 32.2. The molecule has 0 saturated heterocycles. The minimum atomic E-state index is -0.447. The average molecular weight is 345 g/mol. The van der Waals surface area contributed by atoms with E-state index in [1.807, 2.05) is 14.1 Å². The lowest BCUT2D eigenvalue weighted by Gasteiger charge is -2.16. The number of thioether (sulfide) groups is 1. The first-order valence-corrected chi connectivity index (χ1v) is 8.84. The Balaban J connectivity index is 2.27. The lowest BCUT2D eigenvalue weighted by atomic mass is 10.5. The Morgan fingerprint density at radius 1 is 1.50 bits per heavy atom. The molecule has 0 radical (unpaired) electrons. The normalized spacial score (nSPS) is 11.8. The highest BCUT2D eigenvalue weighted by Gasteiger charge is 2.06. The van der Waals surface area contributed by atoms with E-state index in [0.29, 0.717) is 12.4 Å². The predicted octanol–water partition coefficient (Wildman–Crippen LogP) is 1.66. The largest absolute Gasteiger partial charge is 0.366 e. The lowest BCUT2D eigenvalue weighted by molar-refractivity contribution is -0.404. The van der Waals surface area contributed by atoms with Crippen LogP contribution in [0.25, 0.3) is 0 Å². The first-order valence-electron chi connectivity index (χ1n) is 6.80. The number of nitro groups is 1. The van der Waals surface area contributed by atoms with Gasteiger partial charge in [-0.2, -0.15) is 11.8 Å². The Kier molecular flexibility index (Phi) is 8.21. The van der Waals surface area contributed by atoms with Crippen LogP contribution >= 0.6 is 23.1 Å². The molecule has 0 aliphatic heterocycles. The van der Waals surface area contributed by atoms with E-state index in [-0.39, 0.29) is 0 Å². The third-order valence-electron chi connectivity index (χ3n) is 2.56. The first-order chi connectivity index (χ1) is 10.4. The summed E-state index contributed by atoms with van der Waals surface area (Å²) >= 11 is 3.45. The molecule has 1 N–H and O–H groups in total. The van der Waals surface area contributed by atoms with Crippen LogP contribution in [0.5, 0.6) is 0 Å². The van der Waals surface area contributed by atoms with Crippen molar-refractivity contribution in [2.24, 2.45) is 0 Å². The Morgan fingerprint density at radius 3 is 2.82 bits per heavy atom. The van der Waals surface area contributed by atoms with Gasteiger partial charge in [0.2, 0.25) is 0 Å². The van der Waals surface area contributed by atoms with Crippen molar-refractivity contribution < 1.29 is 4.92 Å². The van der Waals surface area contributed by atoms with E-state index in [4.69, 9.17) is 0 Å². The summed E-state index contributed by atoms with van der Waals surface area (Å²) in [6, 6.07) is 0. The Bertz CT molecular complexity index is 502. The van der Waals surface area contributed by atoms with E-state index < -0.39 is 4.92 Å². The number of thiazole rings is 1. The summed E-state index contributed by atoms with van der Waals surface area (Å²) in [5.41, 5.74) is 1.10. The van der Waals surface area contributed by atoms with Gasteiger partial charge >= 0.3 is 0 Å². The predicted molar refractivity (Wildman–Crippen MR) is 92.4 cm³/mol. The zero-order chi connectivity index (χ0) is 16.5. The van der Waals surface area contributed by atoms with Crippen molar-refractivity contribution in [3.05, 3.63) is 38.2 Å². The number of rotatable bonds is 10. The molecule has 9 heteroatoms. The highest BCUT2D eigenvalue weighted by Crippen LogP contribution is 2.16. The summed E-state index contributed by atoms with van der Waals surface area (Å²) in [7, 11) is 7.61. The van der Waals surface area contributed by atoms with E-state index >= 15 is 0 Å². The van der Waals surface area contributed by atoms with Gasteiger partial charge in [0.05, 0.1) is 10.6 Å². The van der Waals surface area contributed by atoms with Gasteiger partial charge in [-0.3, -0.25) is 10.1 Å². The number of hydrogen-bond donors (Lipinski definition) is 1. The fraction of sp³-hybridized carbons (Fsp3) is 0.615. The summed E-state index contributed by atoms with van der Waals surface area (Å²) in [5, 5.41) is 16.8. The van der Waals surface area contributed by atoms with Gasteiger partial charge in [0.25, 0.3) is 6.20 Å². The molecule has 0 atom stereocenters. The van der Waals surface area contributed by atoms with E-state index in [0.717, 1.165) is 35.0 Å². The van der Waals surface area contributed by atoms with Gasteiger partial charge in [-0.25, -0.2) is 4.98 Å². The van der Waals surface area contributed by atoms with Crippen molar-refractivity contribution in [2.45, 2.75) is 12.3 Å². The van der Waals surface area contributed by atoms with Crippen molar-refractivity contribution in [3.63, 3.8) is 0 Å². The molecule has 0 amide bonds. The van der Waals surface area contributed by atoms with Crippen LogP contribution in [-0.2, 0) is 12.3 Å². The molecule has 0 fully saturated rings. The molecule has 1 rings (SSSR count). The van der Waals surface area contributed by atoms with Crippen molar-refractivity contribution in [3.8, 4) is 0 Å². The van der Waals surface area contributed by atoms with Crippen LogP contribution < -0.4 is 5.32 Å². The molecule has 0 aromatic carbocycles. The average Bonchev–Trinajstić information content (AvgIpc) is 2.83. The topological polar surface area (TPSA) is 74.5 Å². The zero-order valence-electron chi connectivity index (χ0n) is 13.4. The van der Waals surface area contributed by atoms with Crippen molar-refractivity contribution >= 4 is 23.1 Å². The van der Waals surface area contributed by atoms with Crippen LogP contribution in [-0.4, -0.2) is 60.2 Å². The Hall–Kier alpha value is -1.32. The molecule has 0 saturated carbocycles.